The lowest BCUT2D eigenvalue weighted by atomic mass is 10.1. The van der Waals surface area contributed by atoms with Crippen LogP contribution in [0.3, 0.4) is 0 Å². The zero-order valence-electron chi connectivity index (χ0n) is 15.1. The predicted octanol–water partition coefficient (Wildman–Crippen LogP) is 3.84. The fourth-order valence-corrected chi connectivity index (χ4v) is 3.29. The van der Waals surface area contributed by atoms with Crippen LogP contribution in [0.15, 0.2) is 75.7 Å². The van der Waals surface area contributed by atoms with Crippen molar-refractivity contribution in [1.29, 1.82) is 0 Å². The summed E-state index contributed by atoms with van der Waals surface area (Å²) >= 11 is 0. The highest BCUT2D eigenvalue weighted by molar-refractivity contribution is 5.94. The minimum Gasteiger partial charge on any atom is -0.467 e. The van der Waals surface area contributed by atoms with Crippen LogP contribution >= 0.6 is 0 Å². The second kappa shape index (κ2) is 7.11. The van der Waals surface area contributed by atoms with Gasteiger partial charge in [0.15, 0.2) is 0 Å². The number of H-pyrrole nitrogens is 1. The Labute approximate surface area is 156 Å². The molecule has 5 heteroatoms. The SMILES string of the molecule is Cc1ccc2[nH]c(=O)c(CN(Cc3ccco3)C(=O)C3=CC=CC3)cc2c1. The van der Waals surface area contributed by atoms with E-state index in [0.29, 0.717) is 24.3 Å². The number of aromatic nitrogens is 1. The third-order valence-electron chi connectivity index (χ3n) is 4.70. The Bertz CT molecular complexity index is 1100. The summed E-state index contributed by atoms with van der Waals surface area (Å²) in [7, 11) is 0. The number of nitrogens with zero attached hydrogens (tertiary/aromatic N) is 1. The van der Waals surface area contributed by atoms with Crippen molar-refractivity contribution in [1.82, 2.24) is 9.88 Å². The molecule has 0 fully saturated rings. The molecule has 0 bridgehead atoms. The van der Waals surface area contributed by atoms with Crippen molar-refractivity contribution in [2.75, 3.05) is 0 Å². The maximum Gasteiger partial charge on any atom is 0.253 e. The Morgan fingerprint density at radius 2 is 2.11 bits per heavy atom. The van der Waals surface area contributed by atoms with E-state index in [-0.39, 0.29) is 18.0 Å². The van der Waals surface area contributed by atoms with Gasteiger partial charge in [-0.1, -0.05) is 29.9 Å². The molecule has 0 saturated heterocycles. The first-order valence-corrected chi connectivity index (χ1v) is 8.90. The molecule has 3 aromatic rings. The van der Waals surface area contributed by atoms with Crippen LogP contribution in [0.1, 0.15) is 23.3 Å². The molecule has 0 radical (unpaired) electrons. The van der Waals surface area contributed by atoms with Crippen LogP contribution in [0, 0.1) is 6.92 Å². The Balaban J connectivity index is 1.68. The highest BCUT2D eigenvalue weighted by Gasteiger charge is 2.21. The summed E-state index contributed by atoms with van der Waals surface area (Å²) < 4.78 is 5.42. The van der Waals surface area contributed by atoms with Gasteiger partial charge in [-0.05, 0) is 49.1 Å². The molecule has 1 amide bonds. The minimum atomic E-state index is -0.179. The number of amides is 1. The number of carbonyl (C=O) groups excluding carboxylic acids is 1. The van der Waals surface area contributed by atoms with E-state index in [1.54, 1.807) is 17.2 Å². The van der Waals surface area contributed by atoms with Gasteiger partial charge in [0.1, 0.15) is 5.76 Å². The van der Waals surface area contributed by atoms with Crippen molar-refractivity contribution in [2.45, 2.75) is 26.4 Å². The molecular formula is C22H20N2O3. The van der Waals surface area contributed by atoms with Crippen LogP contribution < -0.4 is 5.56 Å². The number of aryl methyl sites for hydroxylation is 1. The number of pyridine rings is 1. The molecule has 0 saturated carbocycles. The lowest BCUT2D eigenvalue weighted by molar-refractivity contribution is -0.128. The van der Waals surface area contributed by atoms with Crippen LogP contribution in [0.2, 0.25) is 0 Å². The second-order valence-electron chi connectivity index (χ2n) is 6.78. The molecule has 1 aromatic carbocycles. The van der Waals surface area contributed by atoms with Crippen molar-refractivity contribution in [3.63, 3.8) is 0 Å². The molecule has 1 aliphatic rings. The normalized spacial score (nSPS) is 13.1. The van der Waals surface area contributed by atoms with Crippen molar-refractivity contribution < 1.29 is 9.21 Å². The topological polar surface area (TPSA) is 66.3 Å². The summed E-state index contributed by atoms with van der Waals surface area (Å²) in [5.41, 5.74) is 3.00. The van der Waals surface area contributed by atoms with Gasteiger partial charge in [-0.25, -0.2) is 0 Å². The van der Waals surface area contributed by atoms with Crippen LogP contribution in [-0.2, 0) is 17.9 Å². The monoisotopic (exact) mass is 360 g/mol. The molecule has 0 aliphatic heterocycles. The molecule has 27 heavy (non-hydrogen) atoms. The number of benzene rings is 1. The van der Waals surface area contributed by atoms with Crippen LogP contribution in [0.5, 0.6) is 0 Å². The van der Waals surface area contributed by atoms with Crippen LogP contribution in [0.25, 0.3) is 10.9 Å². The largest absolute Gasteiger partial charge is 0.467 e. The lowest BCUT2D eigenvalue weighted by Crippen LogP contribution is -2.33. The van der Waals surface area contributed by atoms with E-state index < -0.39 is 0 Å². The zero-order chi connectivity index (χ0) is 18.8. The fourth-order valence-electron chi connectivity index (χ4n) is 3.29. The highest BCUT2D eigenvalue weighted by atomic mass is 16.3. The lowest BCUT2D eigenvalue weighted by Gasteiger charge is -2.22. The Morgan fingerprint density at radius 3 is 2.85 bits per heavy atom. The highest BCUT2D eigenvalue weighted by Crippen LogP contribution is 2.19. The maximum atomic E-state index is 13.0. The molecule has 2 heterocycles. The number of rotatable bonds is 5. The molecule has 136 valence electrons. The quantitative estimate of drug-likeness (QED) is 0.752. The fraction of sp³-hybridized carbons (Fsp3) is 0.182. The first kappa shape index (κ1) is 17.1. The number of hydrogen-bond donors (Lipinski definition) is 1. The van der Waals surface area contributed by atoms with Gasteiger partial charge < -0.3 is 14.3 Å². The van der Waals surface area contributed by atoms with Crippen LogP contribution in [0.4, 0.5) is 0 Å². The van der Waals surface area contributed by atoms with E-state index >= 15 is 0 Å². The number of furan rings is 1. The summed E-state index contributed by atoms with van der Waals surface area (Å²) in [5, 5.41) is 0.955. The smallest absolute Gasteiger partial charge is 0.253 e. The van der Waals surface area contributed by atoms with Crippen LogP contribution in [-0.4, -0.2) is 15.8 Å². The maximum absolute atomic E-state index is 13.0. The Hall–Kier alpha value is -3.34. The van der Waals surface area contributed by atoms with Gasteiger partial charge in [-0.2, -0.15) is 0 Å². The molecule has 1 N–H and O–H groups in total. The first-order chi connectivity index (χ1) is 13.1. The standard InChI is InChI=1S/C22H20N2O3/c1-15-8-9-20-17(11-15)12-18(21(25)23-20)13-24(14-19-7-4-10-27-19)22(26)16-5-2-3-6-16/h2-5,7-12H,6,13-14H2,1H3,(H,23,25). The molecule has 0 atom stereocenters. The van der Waals surface area contributed by atoms with Gasteiger partial charge in [-0.3, -0.25) is 9.59 Å². The van der Waals surface area contributed by atoms with E-state index in [1.165, 1.54) is 0 Å². The molecule has 2 aromatic heterocycles. The van der Waals surface area contributed by atoms with Gasteiger partial charge >= 0.3 is 0 Å². The minimum absolute atomic E-state index is 0.0832. The van der Waals surface area contributed by atoms with Crippen molar-refractivity contribution in [3.05, 3.63) is 93.7 Å². The molecular weight excluding hydrogens is 340 g/mol. The number of allylic oxidation sites excluding steroid dienone is 3. The van der Waals surface area contributed by atoms with Crippen molar-refractivity contribution in [2.24, 2.45) is 0 Å². The molecule has 0 unspecified atom stereocenters. The number of fused-ring (bicyclic) bond motifs is 1. The van der Waals surface area contributed by atoms with Gasteiger partial charge in [0.25, 0.3) is 11.5 Å². The van der Waals surface area contributed by atoms with Crippen molar-refractivity contribution >= 4 is 16.8 Å². The third kappa shape index (κ3) is 3.62. The van der Waals surface area contributed by atoms with E-state index in [2.05, 4.69) is 4.98 Å². The van der Waals surface area contributed by atoms with Gasteiger partial charge in [0, 0.05) is 16.7 Å². The molecule has 1 aliphatic carbocycles. The first-order valence-electron chi connectivity index (χ1n) is 8.90. The van der Waals surface area contributed by atoms with Gasteiger partial charge in [0.05, 0.1) is 19.4 Å². The van der Waals surface area contributed by atoms with E-state index in [1.807, 2.05) is 55.5 Å². The zero-order valence-corrected chi connectivity index (χ0v) is 15.1. The summed E-state index contributed by atoms with van der Waals surface area (Å²) in [6, 6.07) is 11.4. The second-order valence-corrected chi connectivity index (χ2v) is 6.78. The average molecular weight is 360 g/mol. The number of hydrogen-bond acceptors (Lipinski definition) is 3. The molecule has 0 spiro atoms. The summed E-state index contributed by atoms with van der Waals surface area (Å²) in [6.45, 7) is 2.54. The summed E-state index contributed by atoms with van der Waals surface area (Å²) in [4.78, 5) is 30.1. The third-order valence-corrected chi connectivity index (χ3v) is 4.70. The number of nitrogens with one attached hydrogen (secondary N) is 1. The number of carbonyl (C=O) groups is 1. The Morgan fingerprint density at radius 1 is 1.22 bits per heavy atom. The molecule has 4 rings (SSSR count). The number of aromatic amines is 1. The predicted molar refractivity (Wildman–Crippen MR) is 104 cm³/mol. The van der Waals surface area contributed by atoms with Gasteiger partial charge in [-0.15, -0.1) is 0 Å². The molecule has 5 nitrogen and oxygen atoms in total. The average Bonchev–Trinajstić information content (AvgIpc) is 3.35. The van der Waals surface area contributed by atoms with Crippen molar-refractivity contribution in [3.8, 4) is 0 Å². The van der Waals surface area contributed by atoms with E-state index in [0.717, 1.165) is 22.0 Å². The summed E-state index contributed by atoms with van der Waals surface area (Å²) in [6.07, 6.45) is 7.85. The Kier molecular flexibility index (Phi) is 4.50. The van der Waals surface area contributed by atoms with E-state index in [9.17, 15) is 9.59 Å². The summed E-state index contributed by atoms with van der Waals surface area (Å²) in [5.74, 6) is 0.600. The van der Waals surface area contributed by atoms with E-state index in [4.69, 9.17) is 4.42 Å². The van der Waals surface area contributed by atoms with Gasteiger partial charge in [0.2, 0.25) is 0 Å².